The number of hydrogen-bond donors (Lipinski definition) is 0. The normalized spacial score (nSPS) is 26.6. The maximum atomic E-state index is 12.9. The molecular formula is C27H36O4. The third-order valence-corrected chi connectivity index (χ3v) is 6.47. The van der Waals surface area contributed by atoms with Crippen LogP contribution in [0.3, 0.4) is 0 Å². The summed E-state index contributed by atoms with van der Waals surface area (Å²) in [4.78, 5) is 24.6. The van der Waals surface area contributed by atoms with Crippen LogP contribution in [0.5, 0.6) is 0 Å². The van der Waals surface area contributed by atoms with Crippen molar-refractivity contribution < 1.29 is 19.1 Å². The van der Waals surface area contributed by atoms with Gasteiger partial charge in [0.05, 0.1) is 0 Å². The van der Waals surface area contributed by atoms with Crippen LogP contribution in [0.15, 0.2) is 71.4 Å². The minimum absolute atomic E-state index is 0.182. The predicted molar refractivity (Wildman–Crippen MR) is 125 cm³/mol. The maximum absolute atomic E-state index is 12.9. The standard InChI is InChI=1S/C27H36O4/c1-9-26(28)30-25-15-22(17(4)5)13-23(20(25)8)12-19(7)27(29)31-24-14-21(16(2)3)11-10-18(24)6/h9-10,12,21-22,24-25H,1-2,4,11,13-15H2,3,5-8H3/b19-12+/t21-,22-,24-,25-/m1/s1. The van der Waals surface area contributed by atoms with Crippen LogP contribution in [0, 0.1) is 11.8 Å². The molecule has 0 fully saturated rings. The van der Waals surface area contributed by atoms with Crippen LogP contribution >= 0.6 is 0 Å². The Bertz CT molecular complexity index is 868. The van der Waals surface area contributed by atoms with Crippen molar-refractivity contribution in [2.24, 2.45) is 11.8 Å². The second-order valence-electron chi connectivity index (χ2n) is 9.01. The van der Waals surface area contributed by atoms with Crippen molar-refractivity contribution in [3.05, 3.63) is 71.4 Å². The highest BCUT2D eigenvalue weighted by Gasteiger charge is 2.30. The molecule has 2 aliphatic carbocycles. The van der Waals surface area contributed by atoms with Crippen LogP contribution in [0.2, 0.25) is 0 Å². The molecule has 0 amide bonds. The Hall–Kier alpha value is -2.62. The fourth-order valence-electron chi connectivity index (χ4n) is 4.11. The molecule has 0 heterocycles. The molecule has 4 heteroatoms. The average Bonchev–Trinajstić information content (AvgIpc) is 2.71. The number of rotatable bonds is 7. The first-order chi connectivity index (χ1) is 14.5. The van der Waals surface area contributed by atoms with Crippen molar-refractivity contribution in [3.8, 4) is 0 Å². The van der Waals surface area contributed by atoms with E-state index in [0.717, 1.165) is 47.1 Å². The van der Waals surface area contributed by atoms with Crippen molar-refractivity contribution in [1.82, 2.24) is 0 Å². The van der Waals surface area contributed by atoms with Crippen LogP contribution in [0.4, 0.5) is 0 Å². The van der Waals surface area contributed by atoms with Gasteiger partial charge in [0.15, 0.2) is 0 Å². The molecule has 0 aromatic carbocycles. The maximum Gasteiger partial charge on any atom is 0.334 e. The highest BCUT2D eigenvalue weighted by atomic mass is 16.5. The fraction of sp³-hybridized carbons (Fsp3) is 0.481. The summed E-state index contributed by atoms with van der Waals surface area (Å²) in [6.45, 7) is 21.4. The molecule has 4 nitrogen and oxygen atoms in total. The molecule has 4 atom stereocenters. The molecule has 168 valence electrons. The summed E-state index contributed by atoms with van der Waals surface area (Å²) in [6.07, 6.45) is 7.79. The zero-order valence-corrected chi connectivity index (χ0v) is 19.6. The van der Waals surface area contributed by atoms with E-state index in [1.165, 1.54) is 6.08 Å². The van der Waals surface area contributed by atoms with Gasteiger partial charge in [0, 0.05) is 11.6 Å². The van der Waals surface area contributed by atoms with Crippen molar-refractivity contribution >= 4 is 11.9 Å². The minimum atomic E-state index is -0.446. The number of carbonyl (C=O) groups excluding carboxylic acids is 2. The van der Waals surface area contributed by atoms with Gasteiger partial charge in [-0.15, -0.1) is 0 Å². The van der Waals surface area contributed by atoms with Gasteiger partial charge in [-0.2, -0.15) is 0 Å². The Kier molecular flexibility index (Phi) is 8.43. The lowest BCUT2D eigenvalue weighted by atomic mass is 9.79. The zero-order chi connectivity index (χ0) is 23.3. The van der Waals surface area contributed by atoms with E-state index in [-0.39, 0.29) is 24.1 Å². The first-order valence-corrected chi connectivity index (χ1v) is 10.9. The monoisotopic (exact) mass is 424 g/mol. The Labute approximate surface area is 187 Å². The van der Waals surface area contributed by atoms with E-state index in [2.05, 4.69) is 25.8 Å². The molecule has 2 aliphatic rings. The molecule has 0 aromatic heterocycles. The lowest BCUT2D eigenvalue weighted by molar-refractivity contribution is -0.144. The van der Waals surface area contributed by atoms with Gasteiger partial charge in [0.2, 0.25) is 0 Å². The fourth-order valence-corrected chi connectivity index (χ4v) is 4.11. The molecule has 0 radical (unpaired) electrons. The summed E-state index contributed by atoms with van der Waals surface area (Å²) in [5, 5.41) is 0. The molecule has 31 heavy (non-hydrogen) atoms. The van der Waals surface area contributed by atoms with Crippen molar-refractivity contribution in [1.29, 1.82) is 0 Å². The summed E-state index contributed by atoms with van der Waals surface area (Å²) in [7, 11) is 0. The molecule has 0 aliphatic heterocycles. The number of ether oxygens (including phenoxy) is 2. The van der Waals surface area contributed by atoms with Gasteiger partial charge in [0.1, 0.15) is 12.2 Å². The van der Waals surface area contributed by atoms with Gasteiger partial charge in [-0.25, -0.2) is 9.59 Å². The van der Waals surface area contributed by atoms with E-state index >= 15 is 0 Å². The third-order valence-electron chi connectivity index (χ3n) is 6.47. The lowest BCUT2D eigenvalue weighted by Gasteiger charge is -2.32. The quantitative estimate of drug-likeness (QED) is 0.278. The van der Waals surface area contributed by atoms with Crippen molar-refractivity contribution in [2.45, 2.75) is 72.5 Å². The number of carbonyl (C=O) groups is 2. The topological polar surface area (TPSA) is 52.6 Å². The van der Waals surface area contributed by atoms with Gasteiger partial charge in [-0.3, -0.25) is 0 Å². The Morgan fingerprint density at radius 1 is 1.00 bits per heavy atom. The summed E-state index contributed by atoms with van der Waals surface area (Å²) < 4.78 is 11.4. The summed E-state index contributed by atoms with van der Waals surface area (Å²) in [5.41, 5.74) is 5.72. The molecule has 2 rings (SSSR count). The first kappa shape index (κ1) is 24.6. The van der Waals surface area contributed by atoms with E-state index in [1.807, 2.05) is 33.8 Å². The van der Waals surface area contributed by atoms with Crippen LogP contribution < -0.4 is 0 Å². The lowest BCUT2D eigenvalue weighted by Crippen LogP contribution is -2.28. The Morgan fingerprint density at radius 3 is 2.19 bits per heavy atom. The number of allylic oxidation sites excluding steroid dienone is 5. The largest absolute Gasteiger partial charge is 0.455 e. The second kappa shape index (κ2) is 10.6. The molecule has 0 unspecified atom stereocenters. The third kappa shape index (κ3) is 6.43. The van der Waals surface area contributed by atoms with E-state index in [1.54, 1.807) is 6.92 Å². The molecule has 0 N–H and O–H groups in total. The average molecular weight is 425 g/mol. The number of esters is 2. The smallest absolute Gasteiger partial charge is 0.334 e. The molecule has 0 aromatic rings. The van der Waals surface area contributed by atoms with Crippen LogP contribution in [-0.4, -0.2) is 24.1 Å². The minimum Gasteiger partial charge on any atom is -0.455 e. The van der Waals surface area contributed by atoms with E-state index in [9.17, 15) is 9.59 Å². The summed E-state index contributed by atoms with van der Waals surface area (Å²) in [5.74, 6) is -0.248. The van der Waals surface area contributed by atoms with Crippen molar-refractivity contribution in [3.63, 3.8) is 0 Å². The van der Waals surface area contributed by atoms with Gasteiger partial charge in [0.25, 0.3) is 0 Å². The summed E-state index contributed by atoms with van der Waals surface area (Å²) in [6, 6.07) is 0. The Morgan fingerprint density at radius 2 is 1.61 bits per heavy atom. The molecular weight excluding hydrogens is 388 g/mol. The molecule has 0 bridgehead atoms. The van der Waals surface area contributed by atoms with E-state index in [0.29, 0.717) is 17.9 Å². The number of hydrogen-bond acceptors (Lipinski definition) is 4. The van der Waals surface area contributed by atoms with Crippen molar-refractivity contribution in [2.75, 3.05) is 0 Å². The highest BCUT2D eigenvalue weighted by Crippen LogP contribution is 2.36. The predicted octanol–water partition coefficient (Wildman–Crippen LogP) is 6.18. The first-order valence-electron chi connectivity index (χ1n) is 10.9. The second-order valence-corrected chi connectivity index (χ2v) is 9.01. The molecule has 0 saturated carbocycles. The van der Waals surface area contributed by atoms with Crippen LogP contribution in [0.1, 0.15) is 60.3 Å². The SMILES string of the molecule is C=CC(=O)O[C@@H]1C[C@H](C(=C)C)CC(/C=C(\C)C(=O)O[C@@H]2C[C@H](C(=C)C)CC=C2C)=C1C. The van der Waals surface area contributed by atoms with Crippen LogP contribution in [-0.2, 0) is 19.1 Å². The van der Waals surface area contributed by atoms with E-state index in [4.69, 9.17) is 9.47 Å². The van der Waals surface area contributed by atoms with Gasteiger partial charge >= 0.3 is 11.9 Å². The Balaban J connectivity index is 2.21. The van der Waals surface area contributed by atoms with Gasteiger partial charge < -0.3 is 9.47 Å². The van der Waals surface area contributed by atoms with Gasteiger partial charge in [-0.05, 0) is 94.9 Å². The molecule has 0 saturated heterocycles. The van der Waals surface area contributed by atoms with E-state index < -0.39 is 5.97 Å². The zero-order valence-electron chi connectivity index (χ0n) is 19.6. The summed E-state index contributed by atoms with van der Waals surface area (Å²) >= 11 is 0. The highest BCUT2D eigenvalue weighted by molar-refractivity contribution is 5.88. The molecule has 0 spiro atoms. The van der Waals surface area contributed by atoms with Gasteiger partial charge in [-0.1, -0.05) is 37.0 Å². The van der Waals surface area contributed by atoms with Crippen LogP contribution in [0.25, 0.3) is 0 Å².